The molecule has 1 aromatic carbocycles. The Balaban J connectivity index is 1.95. The van der Waals surface area contributed by atoms with Crippen molar-refractivity contribution in [3.05, 3.63) is 24.3 Å². The van der Waals surface area contributed by atoms with Crippen molar-refractivity contribution in [1.82, 2.24) is 15.5 Å². The molecular weight excluding hydrogens is 376 g/mol. The monoisotopic (exact) mass is 404 g/mol. The van der Waals surface area contributed by atoms with Crippen molar-refractivity contribution in [1.29, 1.82) is 0 Å². The first-order chi connectivity index (χ1) is 13.5. The number of aromatic nitrogens is 2. The number of anilines is 1. The third kappa shape index (κ3) is 6.02. The van der Waals surface area contributed by atoms with Crippen LogP contribution in [0.15, 0.2) is 24.3 Å². The maximum Gasteiger partial charge on any atom is 0.248 e. The van der Waals surface area contributed by atoms with Gasteiger partial charge in [-0.2, -0.15) is 0 Å². The number of ether oxygens (including phenoxy) is 1. The lowest BCUT2D eigenvalue weighted by Gasteiger charge is -2.18. The summed E-state index contributed by atoms with van der Waals surface area (Å²) < 4.78 is 5.22. The zero-order valence-electron chi connectivity index (χ0n) is 16.8. The van der Waals surface area contributed by atoms with Crippen LogP contribution in [0.25, 0.3) is 10.6 Å². The zero-order chi connectivity index (χ0) is 20.5. The maximum absolute atomic E-state index is 12.4. The Bertz CT molecular complexity index is 793. The molecule has 28 heavy (non-hydrogen) atoms. The van der Waals surface area contributed by atoms with Gasteiger partial charge in [0.2, 0.25) is 16.9 Å². The molecule has 0 saturated heterocycles. The van der Waals surface area contributed by atoms with Gasteiger partial charge in [-0.15, -0.1) is 10.2 Å². The molecule has 1 heterocycles. The highest BCUT2D eigenvalue weighted by Crippen LogP contribution is 2.28. The van der Waals surface area contributed by atoms with Gasteiger partial charge in [-0.25, -0.2) is 0 Å². The Morgan fingerprint density at radius 2 is 2.00 bits per heavy atom. The average Bonchev–Trinajstić information content (AvgIpc) is 3.17. The molecule has 0 radical (unpaired) electrons. The molecule has 152 valence electrons. The van der Waals surface area contributed by atoms with Gasteiger partial charge in [0.1, 0.15) is 16.8 Å². The van der Waals surface area contributed by atoms with Crippen LogP contribution in [0.4, 0.5) is 5.13 Å². The smallest absolute Gasteiger partial charge is 0.248 e. The largest absolute Gasteiger partial charge is 0.497 e. The molecule has 2 rings (SSSR count). The van der Waals surface area contributed by atoms with Crippen LogP contribution in [0.2, 0.25) is 0 Å². The number of carbonyl (C=O) groups is 2. The molecule has 0 spiro atoms. The van der Waals surface area contributed by atoms with E-state index < -0.39 is 6.04 Å². The Morgan fingerprint density at radius 3 is 2.68 bits per heavy atom. The molecule has 0 bridgehead atoms. The minimum absolute atomic E-state index is 0.0589. The fraction of sp³-hybridized carbons (Fsp3) is 0.500. The second kappa shape index (κ2) is 10.8. The Kier molecular flexibility index (Phi) is 8.38. The van der Waals surface area contributed by atoms with Crippen molar-refractivity contribution in [2.75, 3.05) is 12.4 Å². The van der Waals surface area contributed by atoms with E-state index in [1.165, 1.54) is 11.3 Å². The van der Waals surface area contributed by atoms with Gasteiger partial charge in [0.25, 0.3) is 0 Å². The summed E-state index contributed by atoms with van der Waals surface area (Å²) in [7, 11) is 1.60. The van der Waals surface area contributed by atoms with Gasteiger partial charge in [-0.05, 0) is 31.9 Å². The van der Waals surface area contributed by atoms with Gasteiger partial charge in [-0.3, -0.25) is 14.9 Å². The molecule has 2 aromatic rings. The van der Waals surface area contributed by atoms with Crippen molar-refractivity contribution >= 4 is 28.3 Å². The molecule has 2 atom stereocenters. The second-order valence-electron chi connectivity index (χ2n) is 6.61. The van der Waals surface area contributed by atoms with Crippen LogP contribution in [0.3, 0.4) is 0 Å². The lowest BCUT2D eigenvalue weighted by molar-refractivity contribution is -0.129. The predicted octanol–water partition coefficient (Wildman–Crippen LogP) is 3.87. The SMILES string of the molecule is CCCC[C@H](CC)C(=O)N[C@@H](C)C(=O)Nc1nnc(-c2cccc(OC)c2)s1. The van der Waals surface area contributed by atoms with Crippen LogP contribution >= 0.6 is 11.3 Å². The van der Waals surface area contributed by atoms with Crippen LogP contribution < -0.4 is 15.4 Å². The van der Waals surface area contributed by atoms with Gasteiger partial charge in [0.05, 0.1) is 7.11 Å². The zero-order valence-corrected chi connectivity index (χ0v) is 17.6. The minimum Gasteiger partial charge on any atom is -0.497 e. The van der Waals surface area contributed by atoms with Crippen LogP contribution in [-0.2, 0) is 9.59 Å². The summed E-state index contributed by atoms with van der Waals surface area (Å²) in [4.78, 5) is 24.8. The van der Waals surface area contributed by atoms with Crippen molar-refractivity contribution in [3.63, 3.8) is 0 Å². The van der Waals surface area contributed by atoms with E-state index in [0.717, 1.165) is 37.0 Å². The molecular formula is C20H28N4O3S. The number of rotatable bonds is 10. The molecule has 0 saturated carbocycles. The molecule has 0 aliphatic heterocycles. The van der Waals surface area contributed by atoms with Crippen LogP contribution in [0, 0.1) is 5.92 Å². The van der Waals surface area contributed by atoms with E-state index in [2.05, 4.69) is 27.8 Å². The number of hydrogen-bond donors (Lipinski definition) is 2. The fourth-order valence-electron chi connectivity index (χ4n) is 2.73. The van der Waals surface area contributed by atoms with Gasteiger partial charge >= 0.3 is 0 Å². The normalized spacial score (nSPS) is 12.9. The van der Waals surface area contributed by atoms with E-state index >= 15 is 0 Å². The van der Waals surface area contributed by atoms with Crippen LogP contribution in [-0.4, -0.2) is 35.2 Å². The van der Waals surface area contributed by atoms with E-state index in [1.807, 2.05) is 31.2 Å². The molecule has 8 heteroatoms. The number of nitrogens with one attached hydrogen (secondary N) is 2. The van der Waals surface area contributed by atoms with E-state index in [9.17, 15) is 9.59 Å². The second-order valence-corrected chi connectivity index (χ2v) is 7.59. The first kappa shape index (κ1) is 21.8. The molecule has 0 unspecified atom stereocenters. The van der Waals surface area contributed by atoms with Gasteiger partial charge < -0.3 is 10.1 Å². The Hall–Kier alpha value is -2.48. The van der Waals surface area contributed by atoms with Gasteiger partial charge in [-0.1, -0.05) is 50.2 Å². The lowest BCUT2D eigenvalue weighted by Crippen LogP contribution is -2.44. The topological polar surface area (TPSA) is 93.2 Å². The summed E-state index contributed by atoms with van der Waals surface area (Å²) in [6.07, 6.45) is 3.66. The number of hydrogen-bond acceptors (Lipinski definition) is 6. The minimum atomic E-state index is -0.646. The highest BCUT2D eigenvalue weighted by Gasteiger charge is 2.22. The van der Waals surface area contributed by atoms with Crippen LogP contribution in [0.1, 0.15) is 46.5 Å². The van der Waals surface area contributed by atoms with Crippen molar-refractivity contribution < 1.29 is 14.3 Å². The summed E-state index contributed by atoms with van der Waals surface area (Å²) in [6.45, 7) is 5.76. The van der Waals surface area contributed by atoms with Crippen molar-refractivity contribution in [3.8, 4) is 16.3 Å². The predicted molar refractivity (Wildman–Crippen MR) is 111 cm³/mol. The molecule has 7 nitrogen and oxygen atoms in total. The number of benzene rings is 1. The summed E-state index contributed by atoms with van der Waals surface area (Å²) in [5.74, 6) is 0.277. The standard InChI is InChI=1S/C20H28N4O3S/c1-5-7-9-14(6-2)18(26)21-13(3)17(25)22-20-24-23-19(28-20)15-10-8-11-16(12-15)27-4/h8,10-14H,5-7,9H2,1-4H3,(H,21,26)(H,22,24,25)/t13-,14-/m0/s1. The Morgan fingerprint density at radius 1 is 1.21 bits per heavy atom. The number of nitrogens with zero attached hydrogens (tertiary/aromatic N) is 2. The van der Waals surface area contributed by atoms with E-state index in [1.54, 1.807) is 14.0 Å². The van der Waals surface area contributed by atoms with Crippen molar-refractivity contribution in [2.45, 2.75) is 52.5 Å². The summed E-state index contributed by atoms with van der Waals surface area (Å²) in [6, 6.07) is 6.83. The van der Waals surface area contributed by atoms with E-state index in [0.29, 0.717) is 10.1 Å². The van der Waals surface area contributed by atoms with Gasteiger partial charge in [0.15, 0.2) is 0 Å². The summed E-state index contributed by atoms with van der Waals surface area (Å²) in [5, 5.41) is 14.7. The molecule has 2 amide bonds. The van der Waals surface area contributed by atoms with E-state index in [4.69, 9.17) is 4.74 Å². The van der Waals surface area contributed by atoms with Gasteiger partial charge in [0, 0.05) is 11.5 Å². The average molecular weight is 405 g/mol. The van der Waals surface area contributed by atoms with Crippen molar-refractivity contribution in [2.24, 2.45) is 5.92 Å². The fourth-order valence-corrected chi connectivity index (χ4v) is 3.47. The van der Waals surface area contributed by atoms with E-state index in [-0.39, 0.29) is 17.7 Å². The molecule has 2 N–H and O–H groups in total. The maximum atomic E-state index is 12.4. The first-order valence-electron chi connectivity index (χ1n) is 9.57. The number of unbranched alkanes of at least 4 members (excludes halogenated alkanes) is 1. The third-order valence-corrected chi connectivity index (χ3v) is 5.38. The highest BCUT2D eigenvalue weighted by atomic mass is 32.1. The number of amides is 2. The first-order valence-corrected chi connectivity index (χ1v) is 10.4. The summed E-state index contributed by atoms with van der Waals surface area (Å²) >= 11 is 1.27. The van der Waals surface area contributed by atoms with Crippen LogP contribution in [0.5, 0.6) is 5.75 Å². The third-order valence-electron chi connectivity index (χ3n) is 4.49. The number of methoxy groups -OCH3 is 1. The molecule has 0 aliphatic carbocycles. The highest BCUT2D eigenvalue weighted by molar-refractivity contribution is 7.18. The summed E-state index contributed by atoms with van der Waals surface area (Å²) in [5.41, 5.74) is 0.861. The number of carbonyl (C=O) groups excluding carboxylic acids is 2. The molecule has 0 fully saturated rings. The lowest BCUT2D eigenvalue weighted by atomic mass is 9.98. The Labute approximate surface area is 169 Å². The molecule has 1 aromatic heterocycles. The quantitative estimate of drug-likeness (QED) is 0.627. The molecule has 0 aliphatic rings.